The van der Waals surface area contributed by atoms with Crippen LogP contribution in [0.5, 0.6) is 5.88 Å². The third kappa shape index (κ3) is 2.75. The van der Waals surface area contributed by atoms with Crippen LogP contribution in [0.2, 0.25) is 0 Å². The number of fused-ring (bicyclic) bond motifs is 1. The Morgan fingerprint density at radius 3 is 2.72 bits per heavy atom. The molecule has 1 aromatic heterocycles. The quantitative estimate of drug-likeness (QED) is 0.597. The molecule has 1 aliphatic heterocycles. The van der Waals surface area contributed by atoms with Crippen molar-refractivity contribution >= 4 is 47.1 Å². The second kappa shape index (κ2) is 6.43. The number of para-hydroxylation sites is 2. The highest BCUT2D eigenvalue weighted by Crippen LogP contribution is 2.38. The van der Waals surface area contributed by atoms with Gasteiger partial charge in [-0.2, -0.15) is 0 Å². The van der Waals surface area contributed by atoms with Crippen molar-refractivity contribution in [2.24, 2.45) is 4.99 Å². The van der Waals surface area contributed by atoms with Crippen molar-refractivity contribution in [2.75, 3.05) is 0 Å². The maximum Gasteiger partial charge on any atom is 0.215 e. The van der Waals surface area contributed by atoms with Crippen LogP contribution in [0.1, 0.15) is 22.9 Å². The van der Waals surface area contributed by atoms with Crippen molar-refractivity contribution < 1.29 is 5.11 Å². The first-order valence-corrected chi connectivity index (χ1v) is 9.29. The number of allylic oxidation sites excluding steroid dienone is 1. The fourth-order valence-electron chi connectivity index (χ4n) is 3.00. The lowest BCUT2D eigenvalue weighted by molar-refractivity contribution is 0.441. The van der Waals surface area contributed by atoms with Gasteiger partial charge in [0.25, 0.3) is 0 Å². The highest BCUT2D eigenvalue weighted by Gasteiger charge is 2.17. The third-order valence-electron chi connectivity index (χ3n) is 4.26. The van der Waals surface area contributed by atoms with Gasteiger partial charge in [0.1, 0.15) is 0 Å². The average molecular weight is 364 g/mol. The topological polar surface area (TPSA) is 37.5 Å². The molecule has 0 unspecified atom stereocenters. The van der Waals surface area contributed by atoms with E-state index in [-0.39, 0.29) is 5.88 Å². The molecule has 3 aromatic rings. The zero-order valence-electron chi connectivity index (χ0n) is 13.6. The Morgan fingerprint density at radius 1 is 1.16 bits per heavy atom. The number of benzene rings is 2. The van der Waals surface area contributed by atoms with Gasteiger partial charge in [0, 0.05) is 17.4 Å². The molecule has 0 radical (unpaired) electrons. The number of aliphatic imine (C=N–C) groups is 1. The molecule has 2 heterocycles. The van der Waals surface area contributed by atoms with Gasteiger partial charge in [-0.05, 0) is 42.4 Å². The van der Waals surface area contributed by atoms with E-state index < -0.39 is 0 Å². The van der Waals surface area contributed by atoms with Crippen molar-refractivity contribution in [3.8, 4) is 11.6 Å². The second-order valence-corrected chi connectivity index (χ2v) is 7.43. The normalized spacial score (nSPS) is 14.2. The van der Waals surface area contributed by atoms with Crippen LogP contribution in [0.4, 0.5) is 5.69 Å². The summed E-state index contributed by atoms with van der Waals surface area (Å²) in [7, 11) is 0. The van der Waals surface area contributed by atoms with E-state index in [1.807, 2.05) is 42.6 Å². The Morgan fingerprint density at radius 2 is 1.96 bits per heavy atom. The van der Waals surface area contributed by atoms with Gasteiger partial charge in [-0.25, -0.2) is 0 Å². The lowest BCUT2D eigenvalue weighted by atomic mass is 10.0. The summed E-state index contributed by atoms with van der Waals surface area (Å²) in [4.78, 5) is 5.30. The first kappa shape index (κ1) is 16.0. The molecule has 0 bridgehead atoms. The molecule has 0 fully saturated rings. The van der Waals surface area contributed by atoms with E-state index in [0.717, 1.165) is 33.8 Å². The summed E-state index contributed by atoms with van der Waals surface area (Å²) in [5.41, 5.74) is 5.22. The van der Waals surface area contributed by atoms with Crippen LogP contribution in [-0.2, 0) is 6.42 Å². The van der Waals surface area contributed by atoms with Crippen LogP contribution >= 0.6 is 23.6 Å². The number of nitrogens with zero attached hydrogens (tertiary/aromatic N) is 2. The van der Waals surface area contributed by atoms with Crippen LogP contribution in [0, 0.1) is 3.95 Å². The van der Waals surface area contributed by atoms with Gasteiger partial charge < -0.3 is 5.11 Å². The van der Waals surface area contributed by atoms with Crippen molar-refractivity contribution in [2.45, 2.75) is 13.3 Å². The molecule has 0 spiro atoms. The van der Waals surface area contributed by atoms with E-state index >= 15 is 0 Å². The minimum Gasteiger partial charge on any atom is -0.493 e. The number of thiazole rings is 1. The molecule has 1 N–H and O–H groups in total. The number of rotatable bonds is 3. The van der Waals surface area contributed by atoms with E-state index in [4.69, 9.17) is 12.2 Å². The number of aromatic nitrogens is 1. The summed E-state index contributed by atoms with van der Waals surface area (Å²) in [6.45, 7) is 2.13. The Kier molecular flexibility index (Phi) is 4.11. The van der Waals surface area contributed by atoms with Gasteiger partial charge in [-0.3, -0.25) is 9.56 Å². The van der Waals surface area contributed by atoms with Crippen LogP contribution in [-0.4, -0.2) is 15.9 Å². The summed E-state index contributed by atoms with van der Waals surface area (Å²) < 4.78 is 2.31. The molecule has 0 aliphatic carbocycles. The first-order valence-electron chi connectivity index (χ1n) is 8.07. The number of hydrogen-bond acceptors (Lipinski definition) is 4. The van der Waals surface area contributed by atoms with Crippen LogP contribution in [0.25, 0.3) is 17.3 Å². The SMILES string of the molecule is CCc1cccc2c1N=C/C2=C/c1sc(=S)n(-c2ccccc2)c1O. The Hall–Kier alpha value is -2.50. The predicted octanol–water partition coefficient (Wildman–Crippen LogP) is 5.79. The van der Waals surface area contributed by atoms with E-state index in [1.54, 1.807) is 4.57 Å². The summed E-state index contributed by atoms with van der Waals surface area (Å²) in [5, 5.41) is 10.7. The average Bonchev–Trinajstić information content (AvgIpc) is 3.17. The third-order valence-corrected chi connectivity index (χ3v) is 5.57. The monoisotopic (exact) mass is 364 g/mol. The fourth-order valence-corrected chi connectivity index (χ4v) is 4.30. The summed E-state index contributed by atoms with van der Waals surface area (Å²) in [6, 6.07) is 15.9. The van der Waals surface area contributed by atoms with Gasteiger partial charge in [0.05, 0.1) is 16.3 Å². The van der Waals surface area contributed by atoms with Crippen LogP contribution in [0.3, 0.4) is 0 Å². The molecule has 0 amide bonds. The number of aryl methyl sites for hydroxylation is 1. The molecular formula is C20H16N2OS2. The van der Waals surface area contributed by atoms with Crippen molar-refractivity contribution in [1.29, 1.82) is 0 Å². The molecule has 5 heteroatoms. The Bertz CT molecular complexity index is 1060. The smallest absolute Gasteiger partial charge is 0.215 e. The van der Waals surface area contributed by atoms with Crippen LogP contribution < -0.4 is 0 Å². The molecule has 2 aromatic carbocycles. The van der Waals surface area contributed by atoms with Crippen molar-refractivity contribution in [3.63, 3.8) is 0 Å². The van der Waals surface area contributed by atoms with Gasteiger partial charge in [-0.1, -0.05) is 43.3 Å². The largest absolute Gasteiger partial charge is 0.493 e. The highest BCUT2D eigenvalue weighted by atomic mass is 32.1. The molecule has 124 valence electrons. The maximum absolute atomic E-state index is 10.7. The molecule has 1 aliphatic rings. The maximum atomic E-state index is 10.7. The molecule has 3 nitrogen and oxygen atoms in total. The van der Waals surface area contributed by atoms with E-state index in [9.17, 15) is 5.11 Å². The zero-order valence-corrected chi connectivity index (χ0v) is 15.3. The van der Waals surface area contributed by atoms with Crippen LogP contribution in [0.15, 0.2) is 53.5 Å². The second-order valence-electron chi connectivity index (χ2n) is 5.75. The van der Waals surface area contributed by atoms with Gasteiger partial charge >= 0.3 is 0 Å². The standard InChI is InChI=1S/C20H16N2OS2/c1-2-13-7-6-10-16-14(12-21-18(13)16)11-17-19(23)22(20(24)25-17)15-8-4-3-5-9-15/h3-12,23H,2H2,1H3/b14-11-. The van der Waals surface area contributed by atoms with Crippen molar-refractivity contribution in [1.82, 2.24) is 4.57 Å². The molecular weight excluding hydrogens is 348 g/mol. The van der Waals surface area contributed by atoms with Gasteiger partial charge in [0.2, 0.25) is 5.88 Å². The Labute approximate surface area is 155 Å². The summed E-state index contributed by atoms with van der Waals surface area (Å²) >= 11 is 6.86. The zero-order chi connectivity index (χ0) is 17.4. The molecule has 0 saturated carbocycles. The highest BCUT2D eigenvalue weighted by molar-refractivity contribution is 7.73. The molecule has 25 heavy (non-hydrogen) atoms. The Balaban J connectivity index is 1.81. The van der Waals surface area contributed by atoms with Gasteiger partial charge in [0.15, 0.2) is 3.95 Å². The summed E-state index contributed by atoms with van der Waals surface area (Å²) in [6.07, 6.45) is 4.77. The number of aromatic hydroxyl groups is 1. The molecule has 4 rings (SSSR count). The fraction of sp³-hybridized carbons (Fsp3) is 0.100. The van der Waals surface area contributed by atoms with E-state index in [0.29, 0.717) is 3.95 Å². The van der Waals surface area contributed by atoms with Gasteiger partial charge in [-0.15, -0.1) is 11.3 Å². The van der Waals surface area contributed by atoms with E-state index in [2.05, 4.69) is 30.1 Å². The lowest BCUT2D eigenvalue weighted by Gasteiger charge is -2.05. The molecule has 0 atom stereocenters. The summed E-state index contributed by atoms with van der Waals surface area (Å²) in [5.74, 6) is 0.169. The molecule has 0 saturated heterocycles. The minimum atomic E-state index is 0.169. The number of hydrogen-bond donors (Lipinski definition) is 1. The van der Waals surface area contributed by atoms with E-state index in [1.165, 1.54) is 16.9 Å². The first-order chi connectivity index (χ1) is 12.2. The van der Waals surface area contributed by atoms with Crippen molar-refractivity contribution in [3.05, 3.63) is 68.5 Å². The predicted molar refractivity (Wildman–Crippen MR) is 108 cm³/mol. The lowest BCUT2D eigenvalue weighted by Crippen LogP contribution is -1.92. The minimum absolute atomic E-state index is 0.169.